The molecule has 0 radical (unpaired) electrons. The van der Waals surface area contributed by atoms with Gasteiger partial charge in [0, 0.05) is 12.1 Å². The van der Waals surface area contributed by atoms with Crippen molar-refractivity contribution >= 4 is 5.91 Å². The van der Waals surface area contributed by atoms with Crippen molar-refractivity contribution in [3.8, 4) is 5.75 Å². The third-order valence-corrected chi connectivity index (χ3v) is 3.66. The fraction of sp³-hybridized carbons (Fsp3) is 0.562. The highest BCUT2D eigenvalue weighted by atomic mass is 16.5. The summed E-state index contributed by atoms with van der Waals surface area (Å²) in [4.78, 5) is 12.0. The molecule has 0 aromatic heterocycles. The quantitative estimate of drug-likeness (QED) is 0.837. The van der Waals surface area contributed by atoms with Crippen LogP contribution < -0.4 is 15.4 Å². The molecule has 2 rings (SSSR count). The van der Waals surface area contributed by atoms with E-state index in [0.717, 1.165) is 31.8 Å². The Morgan fingerprint density at radius 2 is 2.20 bits per heavy atom. The average Bonchev–Trinajstić information content (AvgIpc) is 2.49. The third kappa shape index (κ3) is 4.53. The predicted octanol–water partition coefficient (Wildman–Crippen LogP) is 2.20. The number of nitrogens with one attached hydrogen (secondary N) is 2. The molecule has 1 atom stereocenters. The highest BCUT2D eigenvalue weighted by Gasteiger charge is 2.13. The molecule has 1 fully saturated rings. The molecular weight excluding hydrogens is 252 g/mol. The van der Waals surface area contributed by atoms with E-state index >= 15 is 0 Å². The molecule has 2 N–H and O–H groups in total. The van der Waals surface area contributed by atoms with Crippen LogP contribution in [0.15, 0.2) is 24.3 Å². The van der Waals surface area contributed by atoms with Gasteiger partial charge in [-0.25, -0.2) is 0 Å². The fourth-order valence-corrected chi connectivity index (χ4v) is 2.53. The van der Waals surface area contributed by atoms with Crippen LogP contribution in [0, 0.1) is 5.92 Å². The van der Waals surface area contributed by atoms with Crippen LogP contribution >= 0.6 is 0 Å². The molecule has 1 heterocycles. The first-order chi connectivity index (χ1) is 9.79. The monoisotopic (exact) mass is 276 g/mol. The van der Waals surface area contributed by atoms with Crippen molar-refractivity contribution in [1.82, 2.24) is 10.6 Å². The van der Waals surface area contributed by atoms with Crippen LogP contribution in [-0.4, -0.2) is 32.1 Å². The summed E-state index contributed by atoms with van der Waals surface area (Å²) in [5, 5.41) is 6.39. The summed E-state index contributed by atoms with van der Waals surface area (Å²) in [6, 6.07) is 7.29. The second-order valence-electron chi connectivity index (χ2n) is 5.21. The Labute approximate surface area is 120 Å². The zero-order valence-electron chi connectivity index (χ0n) is 12.2. The Morgan fingerprint density at radius 1 is 1.40 bits per heavy atom. The number of rotatable bonds is 6. The van der Waals surface area contributed by atoms with Gasteiger partial charge in [0.2, 0.25) is 0 Å². The molecule has 1 aromatic carbocycles. The van der Waals surface area contributed by atoms with E-state index < -0.39 is 0 Å². The van der Waals surface area contributed by atoms with Crippen molar-refractivity contribution in [3.63, 3.8) is 0 Å². The van der Waals surface area contributed by atoms with E-state index in [4.69, 9.17) is 4.74 Å². The van der Waals surface area contributed by atoms with Gasteiger partial charge in [-0.15, -0.1) is 0 Å². The van der Waals surface area contributed by atoms with Crippen LogP contribution in [0.3, 0.4) is 0 Å². The van der Waals surface area contributed by atoms with Gasteiger partial charge >= 0.3 is 0 Å². The zero-order valence-corrected chi connectivity index (χ0v) is 12.2. The molecule has 1 saturated heterocycles. The average molecular weight is 276 g/mol. The van der Waals surface area contributed by atoms with Gasteiger partial charge in [0.15, 0.2) is 0 Å². The molecule has 0 spiro atoms. The van der Waals surface area contributed by atoms with E-state index in [9.17, 15) is 4.79 Å². The lowest BCUT2D eigenvalue weighted by Crippen LogP contribution is -2.33. The Bertz CT molecular complexity index is 411. The highest BCUT2D eigenvalue weighted by Crippen LogP contribution is 2.14. The maximum atomic E-state index is 12.0. The zero-order chi connectivity index (χ0) is 14.2. The van der Waals surface area contributed by atoms with E-state index in [1.807, 2.05) is 31.2 Å². The Hall–Kier alpha value is -1.55. The second-order valence-corrected chi connectivity index (χ2v) is 5.21. The first kappa shape index (κ1) is 14.9. The minimum Gasteiger partial charge on any atom is -0.494 e. The summed E-state index contributed by atoms with van der Waals surface area (Å²) in [5.41, 5.74) is 0.690. The van der Waals surface area contributed by atoms with Gasteiger partial charge < -0.3 is 15.4 Å². The van der Waals surface area contributed by atoms with E-state index in [1.54, 1.807) is 0 Å². The third-order valence-electron chi connectivity index (χ3n) is 3.66. The lowest BCUT2D eigenvalue weighted by atomic mass is 9.96. The van der Waals surface area contributed by atoms with Gasteiger partial charge in [-0.05, 0) is 69.5 Å². The summed E-state index contributed by atoms with van der Waals surface area (Å²) >= 11 is 0. The largest absolute Gasteiger partial charge is 0.494 e. The van der Waals surface area contributed by atoms with Gasteiger partial charge in [0.05, 0.1) is 6.61 Å². The van der Waals surface area contributed by atoms with E-state index in [1.165, 1.54) is 12.8 Å². The summed E-state index contributed by atoms with van der Waals surface area (Å²) in [5.74, 6) is 1.50. The number of benzene rings is 1. The SMILES string of the molecule is CCOc1ccc(C(=O)NCCC2CCCNC2)cc1. The predicted molar refractivity (Wildman–Crippen MR) is 80.2 cm³/mol. The number of carbonyl (C=O) groups excluding carboxylic acids is 1. The number of hydrogen-bond acceptors (Lipinski definition) is 3. The van der Waals surface area contributed by atoms with Crippen molar-refractivity contribution in [2.45, 2.75) is 26.2 Å². The first-order valence-corrected chi connectivity index (χ1v) is 7.51. The number of piperidine rings is 1. The molecule has 0 bridgehead atoms. The maximum absolute atomic E-state index is 12.0. The topological polar surface area (TPSA) is 50.4 Å². The number of amides is 1. The summed E-state index contributed by atoms with van der Waals surface area (Å²) < 4.78 is 5.36. The number of hydrogen-bond donors (Lipinski definition) is 2. The molecule has 0 aliphatic carbocycles. The van der Waals surface area contributed by atoms with Gasteiger partial charge in [-0.1, -0.05) is 0 Å². The van der Waals surface area contributed by atoms with Gasteiger partial charge in [0.1, 0.15) is 5.75 Å². The molecule has 4 nitrogen and oxygen atoms in total. The van der Waals surface area contributed by atoms with Crippen LogP contribution in [0.25, 0.3) is 0 Å². The fourth-order valence-electron chi connectivity index (χ4n) is 2.53. The van der Waals surface area contributed by atoms with Crippen LogP contribution in [0.2, 0.25) is 0 Å². The Morgan fingerprint density at radius 3 is 2.85 bits per heavy atom. The molecule has 0 saturated carbocycles. The summed E-state index contributed by atoms with van der Waals surface area (Å²) in [7, 11) is 0. The number of carbonyl (C=O) groups is 1. The van der Waals surface area contributed by atoms with Gasteiger partial charge in [0.25, 0.3) is 5.91 Å². The molecule has 4 heteroatoms. The maximum Gasteiger partial charge on any atom is 0.251 e. The van der Waals surface area contributed by atoms with Crippen LogP contribution in [0.4, 0.5) is 0 Å². The molecule has 1 amide bonds. The molecular formula is C16H24N2O2. The van der Waals surface area contributed by atoms with E-state index in [2.05, 4.69) is 10.6 Å². The van der Waals surface area contributed by atoms with Crippen LogP contribution in [0.1, 0.15) is 36.5 Å². The smallest absolute Gasteiger partial charge is 0.251 e. The van der Waals surface area contributed by atoms with Crippen LogP contribution in [0.5, 0.6) is 5.75 Å². The Balaban J connectivity index is 1.73. The minimum absolute atomic E-state index is 0.00295. The molecule has 110 valence electrons. The second kappa shape index (κ2) is 7.90. The lowest BCUT2D eigenvalue weighted by Gasteiger charge is -2.22. The van der Waals surface area contributed by atoms with Gasteiger partial charge in [-0.3, -0.25) is 4.79 Å². The molecule has 1 aliphatic heterocycles. The highest BCUT2D eigenvalue weighted by molar-refractivity contribution is 5.94. The van der Waals surface area contributed by atoms with Crippen LogP contribution in [-0.2, 0) is 0 Å². The van der Waals surface area contributed by atoms with Crippen molar-refractivity contribution < 1.29 is 9.53 Å². The normalized spacial score (nSPS) is 18.6. The standard InChI is InChI=1S/C16H24N2O2/c1-2-20-15-7-5-14(6-8-15)16(19)18-11-9-13-4-3-10-17-12-13/h5-8,13,17H,2-4,9-12H2,1H3,(H,18,19). The van der Waals surface area contributed by atoms with Crippen molar-refractivity contribution in [2.24, 2.45) is 5.92 Å². The van der Waals surface area contributed by atoms with E-state index in [-0.39, 0.29) is 5.91 Å². The molecule has 1 aromatic rings. The lowest BCUT2D eigenvalue weighted by molar-refractivity contribution is 0.0950. The summed E-state index contributed by atoms with van der Waals surface area (Å²) in [6.07, 6.45) is 3.57. The minimum atomic E-state index is -0.00295. The van der Waals surface area contributed by atoms with Gasteiger partial charge in [-0.2, -0.15) is 0 Å². The number of ether oxygens (including phenoxy) is 1. The van der Waals surface area contributed by atoms with Crippen molar-refractivity contribution in [2.75, 3.05) is 26.2 Å². The Kier molecular flexibility index (Phi) is 5.87. The van der Waals surface area contributed by atoms with E-state index in [0.29, 0.717) is 18.1 Å². The molecule has 20 heavy (non-hydrogen) atoms. The first-order valence-electron chi connectivity index (χ1n) is 7.51. The van der Waals surface area contributed by atoms with Crippen molar-refractivity contribution in [1.29, 1.82) is 0 Å². The summed E-state index contributed by atoms with van der Waals surface area (Å²) in [6.45, 7) is 5.55. The molecule has 1 unspecified atom stereocenters. The molecule has 1 aliphatic rings. The van der Waals surface area contributed by atoms with Crippen molar-refractivity contribution in [3.05, 3.63) is 29.8 Å².